The number of fused-ring (bicyclic) bond motifs is 2. The molecule has 0 aromatic heterocycles. The Morgan fingerprint density at radius 3 is 2.48 bits per heavy atom. The molecule has 0 saturated heterocycles. The molecule has 1 amide bonds. The van der Waals surface area contributed by atoms with Gasteiger partial charge >= 0.3 is 0 Å². The highest BCUT2D eigenvalue weighted by atomic mass is 35.5. The number of anilines is 1. The van der Waals surface area contributed by atoms with E-state index in [4.69, 9.17) is 16.3 Å². The summed E-state index contributed by atoms with van der Waals surface area (Å²) >= 11 is 6.26. The van der Waals surface area contributed by atoms with Crippen LogP contribution in [0.25, 0.3) is 0 Å². The van der Waals surface area contributed by atoms with Gasteiger partial charge < -0.3 is 10.1 Å². The van der Waals surface area contributed by atoms with Crippen molar-refractivity contribution in [2.75, 3.05) is 18.0 Å². The van der Waals surface area contributed by atoms with E-state index in [1.165, 1.54) is 19.6 Å². The molecule has 0 spiro atoms. The van der Waals surface area contributed by atoms with Crippen LogP contribution in [0.4, 0.5) is 5.69 Å². The largest absolute Gasteiger partial charge is 0.495 e. The lowest BCUT2D eigenvalue weighted by atomic mass is 9.95. The Morgan fingerprint density at radius 1 is 1.16 bits per heavy atom. The quantitative estimate of drug-likeness (QED) is 0.670. The first-order valence-electron chi connectivity index (χ1n) is 10.5. The van der Waals surface area contributed by atoms with E-state index in [1.807, 2.05) is 6.92 Å². The molecule has 2 aliphatic carbocycles. The van der Waals surface area contributed by atoms with Crippen LogP contribution in [-0.4, -0.2) is 34.0 Å². The number of carbonyl (C=O) groups excluding carboxylic acids is 1. The third-order valence-corrected chi connectivity index (χ3v) is 8.49. The van der Waals surface area contributed by atoms with E-state index >= 15 is 0 Å². The molecule has 6 nitrogen and oxygen atoms in total. The van der Waals surface area contributed by atoms with E-state index in [-0.39, 0.29) is 28.4 Å². The third kappa shape index (κ3) is 4.53. The Morgan fingerprint density at radius 2 is 1.90 bits per heavy atom. The van der Waals surface area contributed by atoms with E-state index < -0.39 is 10.0 Å². The van der Waals surface area contributed by atoms with Crippen molar-refractivity contribution in [2.45, 2.75) is 43.5 Å². The van der Waals surface area contributed by atoms with Crippen LogP contribution in [-0.2, 0) is 14.8 Å². The standard InChI is InChI=1S/C23H27ClN2O4S/c1-15-3-8-19(9-4-15)31(28,29)26(18-7-10-22(30-2)20(24)13-18)14-23(27)25-21-12-16-5-6-17(21)11-16/h3-4,7-10,13,16-17,21H,5-6,11-12,14H2,1-2H3,(H,25,27). The van der Waals surface area contributed by atoms with E-state index in [2.05, 4.69) is 5.32 Å². The maximum absolute atomic E-state index is 13.5. The summed E-state index contributed by atoms with van der Waals surface area (Å²) in [6, 6.07) is 11.4. The molecule has 2 saturated carbocycles. The molecule has 2 aromatic rings. The maximum atomic E-state index is 13.5. The molecule has 1 N–H and O–H groups in total. The molecule has 31 heavy (non-hydrogen) atoms. The highest BCUT2D eigenvalue weighted by molar-refractivity contribution is 7.92. The van der Waals surface area contributed by atoms with Gasteiger partial charge in [0, 0.05) is 6.04 Å². The summed E-state index contributed by atoms with van der Waals surface area (Å²) in [7, 11) is -2.48. The molecule has 4 rings (SSSR count). The molecule has 0 aliphatic heterocycles. The average molecular weight is 463 g/mol. The highest BCUT2D eigenvalue weighted by Crippen LogP contribution is 2.44. The number of ether oxygens (including phenoxy) is 1. The van der Waals surface area contributed by atoms with Crippen molar-refractivity contribution in [3.05, 3.63) is 53.1 Å². The van der Waals surface area contributed by atoms with Crippen LogP contribution in [0, 0.1) is 18.8 Å². The van der Waals surface area contributed by atoms with Gasteiger partial charge in [-0.2, -0.15) is 0 Å². The number of benzene rings is 2. The average Bonchev–Trinajstić information content (AvgIpc) is 3.35. The zero-order valence-electron chi connectivity index (χ0n) is 17.7. The number of aryl methyl sites for hydroxylation is 1. The second-order valence-electron chi connectivity index (χ2n) is 8.49. The van der Waals surface area contributed by atoms with Crippen LogP contribution >= 0.6 is 11.6 Å². The second kappa shape index (κ2) is 8.71. The summed E-state index contributed by atoms with van der Waals surface area (Å²) in [5.41, 5.74) is 1.27. The molecular weight excluding hydrogens is 436 g/mol. The van der Waals surface area contributed by atoms with Crippen molar-refractivity contribution in [1.29, 1.82) is 0 Å². The Kier molecular flexibility index (Phi) is 6.17. The van der Waals surface area contributed by atoms with Gasteiger partial charge in [0.25, 0.3) is 10.0 Å². The molecule has 8 heteroatoms. The van der Waals surface area contributed by atoms with Crippen LogP contribution in [0.1, 0.15) is 31.2 Å². The molecule has 3 atom stereocenters. The first kappa shape index (κ1) is 22.0. The van der Waals surface area contributed by atoms with Crippen LogP contribution in [0.3, 0.4) is 0 Å². The predicted octanol–water partition coefficient (Wildman–Crippen LogP) is 4.16. The Labute approximate surface area is 188 Å². The third-order valence-electron chi connectivity index (χ3n) is 6.40. The lowest BCUT2D eigenvalue weighted by Crippen LogP contribution is -2.46. The van der Waals surface area contributed by atoms with E-state index in [0.717, 1.165) is 29.1 Å². The number of carbonyl (C=O) groups is 1. The lowest BCUT2D eigenvalue weighted by Gasteiger charge is -2.27. The van der Waals surface area contributed by atoms with Crippen molar-refractivity contribution in [1.82, 2.24) is 5.32 Å². The van der Waals surface area contributed by atoms with Crippen LogP contribution in [0.2, 0.25) is 5.02 Å². The first-order chi connectivity index (χ1) is 14.8. The molecule has 166 valence electrons. The number of rotatable bonds is 7. The smallest absolute Gasteiger partial charge is 0.264 e. The summed E-state index contributed by atoms with van der Waals surface area (Å²) in [4.78, 5) is 13.0. The minimum Gasteiger partial charge on any atom is -0.495 e. The van der Waals surface area contributed by atoms with Gasteiger partial charge in [0.1, 0.15) is 12.3 Å². The number of sulfonamides is 1. The van der Waals surface area contributed by atoms with Gasteiger partial charge in [-0.25, -0.2) is 8.42 Å². The fraction of sp³-hybridized carbons (Fsp3) is 0.435. The normalized spacial score (nSPS) is 22.4. The lowest BCUT2D eigenvalue weighted by molar-refractivity contribution is -0.120. The van der Waals surface area contributed by atoms with Gasteiger partial charge in [0.2, 0.25) is 5.91 Å². The van der Waals surface area contributed by atoms with Crippen LogP contribution < -0.4 is 14.4 Å². The van der Waals surface area contributed by atoms with Gasteiger partial charge in [-0.1, -0.05) is 35.7 Å². The van der Waals surface area contributed by atoms with Crippen LogP contribution in [0.5, 0.6) is 5.75 Å². The SMILES string of the molecule is COc1ccc(N(CC(=O)NC2CC3CCC2C3)S(=O)(=O)c2ccc(C)cc2)cc1Cl. The van der Waals surface area contributed by atoms with Crippen molar-refractivity contribution >= 4 is 33.2 Å². The van der Waals surface area contributed by atoms with Crippen molar-refractivity contribution in [3.63, 3.8) is 0 Å². The summed E-state index contributed by atoms with van der Waals surface area (Å²) in [6.45, 7) is 1.58. The van der Waals surface area contributed by atoms with E-state index in [9.17, 15) is 13.2 Å². The van der Waals surface area contributed by atoms with Crippen molar-refractivity contribution in [3.8, 4) is 5.75 Å². The van der Waals surface area contributed by atoms with E-state index in [0.29, 0.717) is 23.3 Å². The molecule has 2 aliphatic rings. The first-order valence-corrected chi connectivity index (χ1v) is 12.3. The monoisotopic (exact) mass is 462 g/mol. The summed E-state index contributed by atoms with van der Waals surface area (Å²) in [6.07, 6.45) is 4.50. The minimum absolute atomic E-state index is 0.123. The molecule has 0 heterocycles. The summed E-state index contributed by atoms with van der Waals surface area (Å²) in [5.74, 6) is 1.32. The van der Waals surface area contributed by atoms with Gasteiger partial charge in [0.15, 0.2) is 0 Å². The maximum Gasteiger partial charge on any atom is 0.264 e. The molecular formula is C23H27ClN2O4S. The number of methoxy groups -OCH3 is 1. The number of nitrogens with zero attached hydrogens (tertiary/aromatic N) is 1. The fourth-order valence-corrected chi connectivity index (χ4v) is 6.43. The number of nitrogens with one attached hydrogen (secondary N) is 1. The summed E-state index contributed by atoms with van der Waals surface area (Å²) in [5, 5.41) is 3.35. The minimum atomic E-state index is -3.97. The highest BCUT2D eigenvalue weighted by Gasteiger charge is 2.40. The fourth-order valence-electron chi connectivity index (χ4n) is 4.77. The van der Waals surface area contributed by atoms with Gasteiger partial charge in [-0.3, -0.25) is 9.10 Å². The van der Waals surface area contributed by atoms with Gasteiger partial charge in [-0.05, 0) is 68.4 Å². The number of amides is 1. The summed E-state index contributed by atoms with van der Waals surface area (Å²) < 4.78 is 33.3. The van der Waals surface area contributed by atoms with Crippen LogP contribution in [0.15, 0.2) is 47.4 Å². The molecule has 3 unspecified atom stereocenters. The number of hydrogen-bond acceptors (Lipinski definition) is 4. The molecule has 2 bridgehead atoms. The zero-order chi connectivity index (χ0) is 22.2. The number of hydrogen-bond donors (Lipinski definition) is 1. The molecule has 2 aromatic carbocycles. The van der Waals surface area contributed by atoms with Gasteiger partial charge in [0.05, 0.1) is 22.7 Å². The van der Waals surface area contributed by atoms with E-state index in [1.54, 1.807) is 36.4 Å². The van der Waals surface area contributed by atoms with Gasteiger partial charge in [-0.15, -0.1) is 0 Å². The Hall–Kier alpha value is -2.25. The second-order valence-corrected chi connectivity index (χ2v) is 10.8. The van der Waals surface area contributed by atoms with Crippen molar-refractivity contribution < 1.29 is 17.9 Å². The number of halogens is 1. The topological polar surface area (TPSA) is 75.7 Å². The predicted molar refractivity (Wildman–Crippen MR) is 121 cm³/mol. The van der Waals surface area contributed by atoms with Crippen molar-refractivity contribution in [2.24, 2.45) is 11.8 Å². The molecule has 0 radical (unpaired) electrons. The molecule has 2 fully saturated rings. The Bertz CT molecular complexity index is 1070. The Balaban J connectivity index is 1.62. The zero-order valence-corrected chi connectivity index (χ0v) is 19.2.